The lowest BCUT2D eigenvalue weighted by Gasteiger charge is -2.12. The quantitative estimate of drug-likeness (QED) is 0.575. The van der Waals surface area contributed by atoms with Crippen LogP contribution in [0.1, 0.15) is 32.6 Å². The number of rotatable bonds is 5. The average Bonchev–Trinajstić information content (AvgIpc) is 3.23. The van der Waals surface area contributed by atoms with Gasteiger partial charge in [0.2, 0.25) is 6.79 Å². The van der Waals surface area contributed by atoms with Gasteiger partial charge in [-0.3, -0.25) is 9.59 Å². The van der Waals surface area contributed by atoms with Crippen molar-refractivity contribution in [2.75, 3.05) is 12.1 Å². The van der Waals surface area contributed by atoms with Crippen molar-refractivity contribution < 1.29 is 19.1 Å². The molecule has 0 saturated heterocycles. The first-order valence-corrected chi connectivity index (χ1v) is 10.3. The van der Waals surface area contributed by atoms with Gasteiger partial charge in [-0.05, 0) is 85.5 Å². The van der Waals surface area contributed by atoms with Crippen LogP contribution in [0.5, 0.6) is 11.5 Å². The molecule has 6 nitrogen and oxygen atoms in total. The molecule has 1 heterocycles. The normalized spacial score (nSPS) is 12.4. The molecular weight excluding hydrogens is 404 g/mol. The maximum atomic E-state index is 13.1. The van der Waals surface area contributed by atoms with Gasteiger partial charge in [0.25, 0.3) is 11.8 Å². The fraction of sp³-hybridized carbons (Fsp3) is 0.154. The third kappa shape index (κ3) is 4.81. The minimum atomic E-state index is -0.426. The van der Waals surface area contributed by atoms with Gasteiger partial charge in [-0.25, -0.2) is 0 Å². The van der Waals surface area contributed by atoms with Gasteiger partial charge < -0.3 is 20.1 Å². The Kier molecular flexibility index (Phi) is 5.94. The van der Waals surface area contributed by atoms with Gasteiger partial charge in [-0.1, -0.05) is 24.3 Å². The van der Waals surface area contributed by atoms with E-state index in [1.165, 1.54) is 0 Å². The zero-order valence-electron chi connectivity index (χ0n) is 18.2. The maximum absolute atomic E-state index is 13.1. The van der Waals surface area contributed by atoms with Crippen molar-refractivity contribution >= 4 is 23.6 Å². The summed E-state index contributed by atoms with van der Waals surface area (Å²) < 4.78 is 10.8. The number of fused-ring (bicyclic) bond motifs is 1. The Hall–Kier alpha value is -4.06. The van der Waals surface area contributed by atoms with E-state index in [1.54, 1.807) is 42.5 Å². The van der Waals surface area contributed by atoms with Crippen molar-refractivity contribution in [1.29, 1.82) is 0 Å². The number of carbonyl (C=O) groups is 2. The number of nitrogens with one attached hydrogen (secondary N) is 2. The van der Waals surface area contributed by atoms with Crippen molar-refractivity contribution in [2.24, 2.45) is 0 Å². The van der Waals surface area contributed by atoms with Crippen LogP contribution < -0.4 is 20.1 Å². The lowest BCUT2D eigenvalue weighted by atomic mass is 10.1. The van der Waals surface area contributed by atoms with Gasteiger partial charge in [-0.2, -0.15) is 0 Å². The first-order chi connectivity index (χ1) is 15.4. The number of carbonyl (C=O) groups excluding carboxylic acids is 2. The molecule has 0 fully saturated rings. The van der Waals surface area contributed by atoms with Gasteiger partial charge in [0, 0.05) is 11.3 Å². The predicted molar refractivity (Wildman–Crippen MR) is 124 cm³/mol. The summed E-state index contributed by atoms with van der Waals surface area (Å²) >= 11 is 0. The zero-order chi connectivity index (χ0) is 22.7. The topological polar surface area (TPSA) is 76.7 Å². The number of benzene rings is 3. The van der Waals surface area contributed by atoms with E-state index in [0.29, 0.717) is 28.3 Å². The van der Waals surface area contributed by atoms with Crippen LogP contribution >= 0.6 is 0 Å². The van der Waals surface area contributed by atoms with E-state index in [2.05, 4.69) is 10.6 Å². The Bertz CT molecular complexity index is 1230. The molecule has 1 aliphatic heterocycles. The second-order valence-corrected chi connectivity index (χ2v) is 7.75. The maximum Gasteiger partial charge on any atom is 0.272 e. The lowest BCUT2D eigenvalue weighted by molar-refractivity contribution is -0.113. The van der Waals surface area contributed by atoms with E-state index >= 15 is 0 Å². The molecule has 2 amide bonds. The van der Waals surface area contributed by atoms with Crippen molar-refractivity contribution in [1.82, 2.24) is 5.32 Å². The van der Waals surface area contributed by atoms with Gasteiger partial charge in [0.05, 0.1) is 0 Å². The second kappa shape index (κ2) is 8.98. The number of hydrogen-bond acceptors (Lipinski definition) is 4. The molecule has 0 saturated carbocycles. The minimum Gasteiger partial charge on any atom is -0.454 e. The van der Waals surface area contributed by atoms with Crippen molar-refractivity contribution in [3.63, 3.8) is 0 Å². The van der Waals surface area contributed by atoms with E-state index < -0.39 is 5.91 Å². The van der Waals surface area contributed by atoms with Crippen LogP contribution in [0.2, 0.25) is 0 Å². The average molecular weight is 428 g/mol. The Balaban J connectivity index is 1.64. The van der Waals surface area contributed by atoms with E-state index in [-0.39, 0.29) is 18.4 Å². The van der Waals surface area contributed by atoms with Crippen LogP contribution in [0, 0.1) is 20.8 Å². The molecule has 3 aromatic rings. The highest BCUT2D eigenvalue weighted by atomic mass is 16.7. The molecule has 0 unspecified atom stereocenters. The summed E-state index contributed by atoms with van der Waals surface area (Å²) in [5.74, 6) is 0.453. The molecule has 162 valence electrons. The summed E-state index contributed by atoms with van der Waals surface area (Å²) in [7, 11) is 0. The van der Waals surface area contributed by atoms with Gasteiger partial charge in [0.1, 0.15) is 5.70 Å². The molecule has 4 rings (SSSR count). The van der Waals surface area contributed by atoms with E-state index in [0.717, 1.165) is 16.7 Å². The molecular formula is C26H24N2O4. The third-order valence-corrected chi connectivity index (χ3v) is 5.25. The molecule has 0 atom stereocenters. The first kappa shape index (κ1) is 21.2. The molecule has 3 aromatic carbocycles. The standard InChI is InChI=1S/C26H24N2O4/c1-16-5-4-6-21(11-16)27-26(30)22(13-19-8-10-23-24(14-19)32-15-31-23)28-25(29)20-9-7-17(2)18(3)12-20/h4-14H,15H2,1-3H3,(H,27,30)(H,28,29)/b22-13-. The number of ether oxygens (including phenoxy) is 2. The Morgan fingerprint density at radius 2 is 1.69 bits per heavy atom. The minimum absolute atomic E-state index is 0.119. The summed E-state index contributed by atoms with van der Waals surface area (Å²) in [6, 6.07) is 18.2. The van der Waals surface area contributed by atoms with Gasteiger partial charge in [0.15, 0.2) is 11.5 Å². The van der Waals surface area contributed by atoms with E-state index in [4.69, 9.17) is 9.47 Å². The van der Waals surface area contributed by atoms with Crippen LogP contribution in [0.25, 0.3) is 6.08 Å². The number of anilines is 1. The second-order valence-electron chi connectivity index (χ2n) is 7.75. The zero-order valence-corrected chi connectivity index (χ0v) is 18.2. The summed E-state index contributed by atoms with van der Waals surface area (Å²) in [5.41, 5.74) is 5.05. The fourth-order valence-electron chi connectivity index (χ4n) is 3.33. The van der Waals surface area contributed by atoms with Crippen LogP contribution in [-0.2, 0) is 4.79 Å². The predicted octanol–water partition coefficient (Wildman–Crippen LogP) is 4.75. The lowest BCUT2D eigenvalue weighted by Crippen LogP contribution is -2.30. The SMILES string of the molecule is Cc1cccc(NC(=O)/C(=C/c2ccc3c(c2)OCO3)NC(=O)c2ccc(C)c(C)c2)c1. The van der Waals surface area contributed by atoms with Crippen LogP contribution in [0.4, 0.5) is 5.69 Å². The summed E-state index contributed by atoms with van der Waals surface area (Å²) in [6.45, 7) is 6.03. The number of amides is 2. The summed E-state index contributed by atoms with van der Waals surface area (Å²) in [5, 5.41) is 5.62. The van der Waals surface area contributed by atoms with Crippen molar-refractivity contribution in [3.05, 3.63) is 94.2 Å². The molecule has 2 N–H and O–H groups in total. The summed E-state index contributed by atoms with van der Waals surface area (Å²) in [6.07, 6.45) is 1.62. The molecule has 0 radical (unpaired) electrons. The largest absolute Gasteiger partial charge is 0.454 e. The number of hydrogen-bond donors (Lipinski definition) is 2. The molecule has 0 spiro atoms. The van der Waals surface area contributed by atoms with Gasteiger partial charge in [-0.15, -0.1) is 0 Å². The summed E-state index contributed by atoms with van der Waals surface area (Å²) in [4.78, 5) is 26.0. The van der Waals surface area contributed by atoms with Crippen molar-refractivity contribution in [3.8, 4) is 11.5 Å². The molecule has 0 aliphatic carbocycles. The molecule has 6 heteroatoms. The Labute approximate surface area is 186 Å². The monoisotopic (exact) mass is 428 g/mol. The van der Waals surface area contributed by atoms with Crippen LogP contribution in [0.3, 0.4) is 0 Å². The van der Waals surface area contributed by atoms with E-state index in [1.807, 2.05) is 45.0 Å². The highest BCUT2D eigenvalue weighted by Crippen LogP contribution is 2.33. The van der Waals surface area contributed by atoms with Gasteiger partial charge >= 0.3 is 0 Å². The van der Waals surface area contributed by atoms with Crippen LogP contribution in [0.15, 0.2) is 66.4 Å². The number of aryl methyl sites for hydroxylation is 3. The molecule has 0 bridgehead atoms. The highest BCUT2D eigenvalue weighted by molar-refractivity contribution is 6.10. The Morgan fingerprint density at radius 1 is 0.875 bits per heavy atom. The fourth-order valence-corrected chi connectivity index (χ4v) is 3.33. The first-order valence-electron chi connectivity index (χ1n) is 10.3. The molecule has 0 aromatic heterocycles. The van der Waals surface area contributed by atoms with Crippen molar-refractivity contribution in [2.45, 2.75) is 20.8 Å². The smallest absolute Gasteiger partial charge is 0.272 e. The van der Waals surface area contributed by atoms with Crippen LogP contribution in [-0.4, -0.2) is 18.6 Å². The highest BCUT2D eigenvalue weighted by Gasteiger charge is 2.17. The molecule has 32 heavy (non-hydrogen) atoms. The molecule has 1 aliphatic rings. The van der Waals surface area contributed by atoms with E-state index in [9.17, 15) is 9.59 Å². The Morgan fingerprint density at radius 3 is 2.47 bits per heavy atom. The third-order valence-electron chi connectivity index (χ3n) is 5.25.